The van der Waals surface area contributed by atoms with Crippen LogP contribution in [-0.4, -0.2) is 46.1 Å². The smallest absolute Gasteiger partial charge is 0.270 e. The van der Waals surface area contributed by atoms with Crippen LogP contribution in [-0.2, 0) is 4.74 Å². The average Bonchev–Trinajstić information content (AvgIpc) is 2.63. The molecule has 1 spiro atoms. The molecule has 0 aliphatic carbocycles. The van der Waals surface area contributed by atoms with Gasteiger partial charge in [-0.3, -0.25) is 9.59 Å². The van der Waals surface area contributed by atoms with E-state index >= 15 is 0 Å². The second kappa shape index (κ2) is 6.52. The molecule has 2 saturated heterocycles. The van der Waals surface area contributed by atoms with E-state index in [-0.39, 0.29) is 22.1 Å². The van der Waals surface area contributed by atoms with Gasteiger partial charge in [0.1, 0.15) is 10.8 Å². The van der Waals surface area contributed by atoms with E-state index < -0.39 is 0 Å². The molecule has 1 aromatic carbocycles. The first-order valence-electron chi connectivity index (χ1n) is 8.78. The van der Waals surface area contributed by atoms with Crippen molar-refractivity contribution in [3.8, 4) is 11.3 Å². The van der Waals surface area contributed by atoms with Gasteiger partial charge in [0.2, 0.25) is 0 Å². The molecule has 0 bridgehead atoms. The predicted octanol–water partition coefficient (Wildman–Crippen LogP) is 2.79. The van der Waals surface area contributed by atoms with E-state index in [1.165, 1.54) is 0 Å². The molecule has 0 saturated carbocycles. The number of aryl methyl sites for hydroxylation is 1. The van der Waals surface area contributed by atoms with Crippen molar-refractivity contribution in [3.63, 3.8) is 0 Å². The Labute approximate surface area is 156 Å². The molecule has 2 fully saturated rings. The Kier molecular flexibility index (Phi) is 4.32. The van der Waals surface area contributed by atoms with E-state index in [1.807, 2.05) is 4.90 Å². The number of nitrogens with zero attached hydrogens (tertiary/aromatic N) is 2. The van der Waals surface area contributed by atoms with E-state index in [4.69, 9.17) is 16.3 Å². The summed E-state index contributed by atoms with van der Waals surface area (Å²) < 4.78 is 5.70. The van der Waals surface area contributed by atoms with E-state index in [1.54, 1.807) is 31.2 Å². The highest BCUT2D eigenvalue weighted by molar-refractivity contribution is 6.32. The quantitative estimate of drug-likeness (QED) is 0.878. The molecule has 1 aromatic heterocycles. The average molecular weight is 374 g/mol. The van der Waals surface area contributed by atoms with Crippen LogP contribution in [0.3, 0.4) is 0 Å². The minimum Gasteiger partial charge on any atom is -0.375 e. The molecule has 6 nitrogen and oxygen atoms in total. The Morgan fingerprint density at radius 3 is 2.46 bits per heavy atom. The molecule has 7 heteroatoms. The third kappa shape index (κ3) is 3.04. The number of aromatic amines is 1. The molecule has 1 amide bonds. The largest absolute Gasteiger partial charge is 0.375 e. The number of carbonyl (C=O) groups is 1. The molecule has 2 aliphatic rings. The summed E-state index contributed by atoms with van der Waals surface area (Å²) in [5.74, 6) is 0.516. The summed E-state index contributed by atoms with van der Waals surface area (Å²) >= 11 is 6.08. The number of likely N-dealkylation sites (tertiary alicyclic amines) is 1. The van der Waals surface area contributed by atoms with Crippen molar-refractivity contribution in [2.45, 2.75) is 31.8 Å². The minimum absolute atomic E-state index is 0.0202. The highest BCUT2D eigenvalue weighted by Gasteiger charge is 2.41. The minimum atomic E-state index is -0.366. The highest BCUT2D eigenvalue weighted by atomic mass is 35.5. The number of rotatable bonds is 2. The number of hydrogen-bond donors (Lipinski definition) is 1. The lowest BCUT2D eigenvalue weighted by molar-refractivity contribution is -0.169. The summed E-state index contributed by atoms with van der Waals surface area (Å²) in [7, 11) is 0. The fraction of sp³-hybridized carbons (Fsp3) is 0.421. The van der Waals surface area contributed by atoms with Gasteiger partial charge in [0.15, 0.2) is 0 Å². The van der Waals surface area contributed by atoms with Crippen molar-refractivity contribution >= 4 is 17.5 Å². The summed E-state index contributed by atoms with van der Waals surface area (Å²) in [5.41, 5.74) is 1.42. The van der Waals surface area contributed by atoms with Crippen LogP contribution >= 0.6 is 11.6 Å². The van der Waals surface area contributed by atoms with Crippen molar-refractivity contribution in [1.29, 1.82) is 0 Å². The molecule has 1 N–H and O–H groups in total. The second-order valence-corrected chi connectivity index (χ2v) is 7.34. The van der Waals surface area contributed by atoms with Gasteiger partial charge in [-0.05, 0) is 38.3 Å². The number of aromatic nitrogens is 2. The SMILES string of the molecule is Cc1nc(-c2ccc(C(=O)N3CCC4(CCO4)CC3)cc2)c(Cl)c(=O)[nH]1. The van der Waals surface area contributed by atoms with Crippen LogP contribution in [0.15, 0.2) is 29.1 Å². The maximum Gasteiger partial charge on any atom is 0.270 e. The van der Waals surface area contributed by atoms with Crippen LogP contribution in [0.4, 0.5) is 0 Å². The van der Waals surface area contributed by atoms with Crippen LogP contribution in [0.25, 0.3) is 11.3 Å². The Balaban J connectivity index is 1.51. The van der Waals surface area contributed by atoms with Crippen molar-refractivity contribution in [2.75, 3.05) is 19.7 Å². The number of ether oxygens (including phenoxy) is 1. The van der Waals surface area contributed by atoms with Gasteiger partial charge >= 0.3 is 0 Å². The molecule has 3 heterocycles. The van der Waals surface area contributed by atoms with Gasteiger partial charge in [-0.15, -0.1) is 0 Å². The maximum atomic E-state index is 12.7. The van der Waals surface area contributed by atoms with Crippen LogP contribution in [0.1, 0.15) is 35.4 Å². The predicted molar refractivity (Wildman–Crippen MR) is 98.5 cm³/mol. The summed E-state index contributed by atoms with van der Waals surface area (Å²) in [6, 6.07) is 7.08. The van der Waals surface area contributed by atoms with Gasteiger partial charge in [0.05, 0.1) is 17.9 Å². The number of piperidine rings is 1. The normalized spacial score (nSPS) is 18.6. The zero-order chi connectivity index (χ0) is 18.3. The van der Waals surface area contributed by atoms with Gasteiger partial charge in [0.25, 0.3) is 11.5 Å². The van der Waals surface area contributed by atoms with E-state index in [0.29, 0.717) is 22.6 Å². The highest BCUT2D eigenvalue weighted by Crippen LogP contribution is 2.37. The molecule has 4 rings (SSSR count). The van der Waals surface area contributed by atoms with Crippen molar-refractivity contribution in [2.24, 2.45) is 0 Å². The molecule has 2 aliphatic heterocycles. The first kappa shape index (κ1) is 17.2. The molecule has 2 aromatic rings. The Hall–Kier alpha value is -2.18. The summed E-state index contributed by atoms with van der Waals surface area (Å²) in [6.45, 7) is 3.99. The number of carbonyl (C=O) groups excluding carboxylic acids is 1. The van der Waals surface area contributed by atoms with Gasteiger partial charge in [-0.2, -0.15) is 0 Å². The number of H-pyrrole nitrogens is 1. The van der Waals surface area contributed by atoms with Gasteiger partial charge < -0.3 is 14.6 Å². The van der Waals surface area contributed by atoms with Gasteiger partial charge in [-0.25, -0.2) is 4.98 Å². The monoisotopic (exact) mass is 373 g/mol. The first-order valence-corrected chi connectivity index (χ1v) is 9.15. The Bertz CT molecular complexity index is 893. The van der Waals surface area contributed by atoms with Crippen LogP contribution in [0.2, 0.25) is 5.02 Å². The van der Waals surface area contributed by atoms with Crippen molar-refractivity contribution in [1.82, 2.24) is 14.9 Å². The molecular weight excluding hydrogens is 354 g/mol. The summed E-state index contributed by atoms with van der Waals surface area (Å²) in [4.78, 5) is 33.3. The fourth-order valence-electron chi connectivity index (χ4n) is 3.62. The Morgan fingerprint density at radius 1 is 1.23 bits per heavy atom. The number of nitrogens with one attached hydrogen (secondary N) is 1. The second-order valence-electron chi connectivity index (χ2n) is 6.96. The summed E-state index contributed by atoms with van der Waals surface area (Å²) in [5, 5.41) is 0.0523. The lowest BCUT2D eigenvalue weighted by Crippen LogP contribution is -2.53. The van der Waals surface area contributed by atoms with Crippen LogP contribution < -0.4 is 5.56 Å². The number of amides is 1. The number of hydrogen-bond acceptors (Lipinski definition) is 4. The van der Waals surface area contributed by atoms with E-state index in [0.717, 1.165) is 39.0 Å². The third-order valence-electron chi connectivity index (χ3n) is 5.31. The number of halogens is 1. The molecule has 0 radical (unpaired) electrons. The standard InChI is InChI=1S/C19H20ClN3O3/c1-12-21-16(15(20)17(24)22-12)13-2-4-14(5-3-13)18(25)23-9-6-19(7-10-23)8-11-26-19/h2-5H,6-11H2,1H3,(H,21,22,24). The van der Waals surface area contributed by atoms with E-state index in [2.05, 4.69) is 9.97 Å². The van der Waals surface area contributed by atoms with E-state index in [9.17, 15) is 9.59 Å². The molecule has 0 unspecified atom stereocenters. The van der Waals surface area contributed by atoms with Crippen molar-refractivity contribution < 1.29 is 9.53 Å². The zero-order valence-electron chi connectivity index (χ0n) is 14.5. The molecule has 0 atom stereocenters. The first-order chi connectivity index (χ1) is 12.5. The molecule has 26 heavy (non-hydrogen) atoms. The van der Waals surface area contributed by atoms with Crippen LogP contribution in [0, 0.1) is 6.92 Å². The maximum absolute atomic E-state index is 12.7. The molecule has 136 valence electrons. The fourth-order valence-corrected chi connectivity index (χ4v) is 3.82. The van der Waals surface area contributed by atoms with Crippen molar-refractivity contribution in [3.05, 3.63) is 51.0 Å². The molecular formula is C19H20ClN3O3. The van der Waals surface area contributed by atoms with Gasteiger partial charge in [-0.1, -0.05) is 23.7 Å². The zero-order valence-corrected chi connectivity index (χ0v) is 15.3. The van der Waals surface area contributed by atoms with Gasteiger partial charge in [0, 0.05) is 24.2 Å². The Morgan fingerprint density at radius 2 is 1.88 bits per heavy atom. The summed E-state index contributed by atoms with van der Waals surface area (Å²) in [6.07, 6.45) is 2.91. The third-order valence-corrected chi connectivity index (χ3v) is 5.66. The van der Waals surface area contributed by atoms with Crippen LogP contribution in [0.5, 0.6) is 0 Å². The lowest BCUT2D eigenvalue weighted by Gasteiger charge is -2.47. The topological polar surface area (TPSA) is 75.3 Å². The number of benzene rings is 1. The lowest BCUT2D eigenvalue weighted by atomic mass is 9.84.